The van der Waals surface area contributed by atoms with Crippen molar-refractivity contribution in [3.05, 3.63) is 60.7 Å². The molecule has 2 aliphatic carbocycles. The van der Waals surface area contributed by atoms with Crippen LogP contribution in [-0.4, -0.2) is 31.9 Å². The normalized spacial score (nSPS) is 27.7. The van der Waals surface area contributed by atoms with E-state index in [4.69, 9.17) is 18.9 Å². The first-order valence-corrected chi connectivity index (χ1v) is 9.02. The minimum atomic E-state index is -1.56. The van der Waals surface area contributed by atoms with Crippen molar-refractivity contribution in [2.75, 3.05) is 14.2 Å². The van der Waals surface area contributed by atoms with E-state index < -0.39 is 34.0 Å². The summed E-state index contributed by atoms with van der Waals surface area (Å²) >= 11 is 0. The number of ether oxygens (including phenoxy) is 4. The topological polar surface area (TPSA) is 71.1 Å². The summed E-state index contributed by atoms with van der Waals surface area (Å²) in [5, 5.41) is 0. The molecule has 2 saturated carbocycles. The predicted octanol–water partition coefficient (Wildman–Crippen LogP) is 3.21. The van der Waals surface area contributed by atoms with Crippen molar-refractivity contribution in [3.63, 3.8) is 0 Å². The highest BCUT2D eigenvalue weighted by molar-refractivity contribution is 6.08. The molecule has 0 unspecified atom stereocenters. The summed E-state index contributed by atoms with van der Waals surface area (Å²) in [5.74, 6) is -1.72. The second-order valence-corrected chi connectivity index (χ2v) is 7.55. The molecule has 0 amide bonds. The highest BCUT2D eigenvalue weighted by atomic mass is 16.7. The Morgan fingerprint density at radius 1 is 0.679 bits per heavy atom. The van der Waals surface area contributed by atoms with Crippen molar-refractivity contribution < 1.29 is 28.5 Å². The maximum absolute atomic E-state index is 13.0. The molecule has 28 heavy (non-hydrogen) atoms. The summed E-state index contributed by atoms with van der Waals surface area (Å²) in [5.41, 5.74) is -3.40. The summed E-state index contributed by atoms with van der Waals surface area (Å²) in [7, 11) is 2.59. The molecule has 4 rings (SSSR count). The van der Waals surface area contributed by atoms with Crippen LogP contribution >= 0.6 is 0 Å². The lowest BCUT2D eigenvalue weighted by molar-refractivity contribution is -0.183. The maximum atomic E-state index is 13.0. The van der Waals surface area contributed by atoms with Crippen molar-refractivity contribution in [3.8, 4) is 11.5 Å². The van der Waals surface area contributed by atoms with Gasteiger partial charge in [0.15, 0.2) is 10.8 Å². The van der Waals surface area contributed by atoms with Crippen LogP contribution in [0, 0.1) is 16.2 Å². The molecule has 2 atom stereocenters. The lowest BCUT2D eigenvalue weighted by atomic mass is 9.83. The van der Waals surface area contributed by atoms with Gasteiger partial charge >= 0.3 is 11.9 Å². The average Bonchev–Trinajstić information content (AvgIpc) is 3.46. The standard InChI is InChI=1S/C22H22O6/c1-19(2)20(17(23)25-3)21(19,18(24)26-4)22(20,27-15-11-7-5-8-12-15)28-16-13-9-6-10-14-16/h5-14H,1-4H3/t20-,21+. The van der Waals surface area contributed by atoms with E-state index in [2.05, 4.69) is 0 Å². The van der Waals surface area contributed by atoms with Crippen LogP contribution < -0.4 is 9.47 Å². The zero-order valence-corrected chi connectivity index (χ0v) is 16.2. The van der Waals surface area contributed by atoms with Gasteiger partial charge in [0.05, 0.1) is 14.2 Å². The van der Waals surface area contributed by atoms with E-state index in [1.54, 1.807) is 48.5 Å². The number of fused-ring (bicyclic) bond motifs is 1. The van der Waals surface area contributed by atoms with Gasteiger partial charge in [0.2, 0.25) is 0 Å². The van der Waals surface area contributed by atoms with E-state index in [9.17, 15) is 9.59 Å². The number of hydrogen-bond acceptors (Lipinski definition) is 6. The van der Waals surface area contributed by atoms with E-state index in [0.29, 0.717) is 11.5 Å². The van der Waals surface area contributed by atoms with E-state index in [1.807, 2.05) is 26.0 Å². The van der Waals surface area contributed by atoms with Gasteiger partial charge < -0.3 is 18.9 Å². The molecular formula is C22H22O6. The third-order valence-corrected chi connectivity index (χ3v) is 6.29. The first-order chi connectivity index (χ1) is 13.4. The number of para-hydroxylation sites is 2. The molecule has 0 aliphatic heterocycles. The fourth-order valence-corrected chi connectivity index (χ4v) is 5.17. The Hall–Kier alpha value is -3.02. The molecule has 2 aromatic carbocycles. The van der Waals surface area contributed by atoms with Gasteiger partial charge in [-0.05, 0) is 24.3 Å². The molecule has 2 aliphatic rings. The molecule has 6 heteroatoms. The van der Waals surface area contributed by atoms with Crippen LogP contribution in [0.4, 0.5) is 0 Å². The molecule has 0 bridgehead atoms. The first-order valence-electron chi connectivity index (χ1n) is 9.02. The largest absolute Gasteiger partial charge is 0.468 e. The van der Waals surface area contributed by atoms with Crippen LogP contribution in [0.25, 0.3) is 0 Å². The van der Waals surface area contributed by atoms with Gasteiger partial charge in [0.1, 0.15) is 11.5 Å². The van der Waals surface area contributed by atoms with Gasteiger partial charge in [0.25, 0.3) is 5.79 Å². The summed E-state index contributed by atoms with van der Waals surface area (Å²) in [6, 6.07) is 17.9. The number of esters is 2. The van der Waals surface area contributed by atoms with Crippen LogP contribution in [0.5, 0.6) is 11.5 Å². The molecule has 2 fully saturated rings. The van der Waals surface area contributed by atoms with Gasteiger partial charge in [-0.3, -0.25) is 9.59 Å². The third kappa shape index (κ3) is 1.74. The molecule has 146 valence electrons. The van der Waals surface area contributed by atoms with Gasteiger partial charge in [-0.1, -0.05) is 50.2 Å². The highest BCUT2D eigenvalue weighted by Gasteiger charge is 3.22. The second-order valence-electron chi connectivity index (χ2n) is 7.55. The molecule has 0 radical (unpaired) electrons. The minimum absolute atomic E-state index is 0.480. The Bertz CT molecular complexity index is 847. The van der Waals surface area contributed by atoms with E-state index in [1.165, 1.54) is 14.2 Å². The van der Waals surface area contributed by atoms with Gasteiger partial charge in [-0.15, -0.1) is 0 Å². The number of rotatable bonds is 6. The smallest absolute Gasteiger partial charge is 0.322 e. The van der Waals surface area contributed by atoms with Crippen molar-refractivity contribution in [2.45, 2.75) is 19.6 Å². The number of carbonyl (C=O) groups excluding carboxylic acids is 2. The first kappa shape index (κ1) is 18.3. The molecule has 0 aromatic heterocycles. The fourth-order valence-electron chi connectivity index (χ4n) is 5.17. The van der Waals surface area contributed by atoms with Gasteiger partial charge in [-0.25, -0.2) is 0 Å². The zero-order chi connectivity index (χ0) is 20.2. The lowest BCUT2D eigenvalue weighted by Gasteiger charge is -2.37. The molecule has 0 heterocycles. The summed E-state index contributed by atoms with van der Waals surface area (Å²) < 4.78 is 22.7. The Morgan fingerprint density at radius 3 is 1.36 bits per heavy atom. The molecule has 0 saturated heterocycles. The van der Waals surface area contributed by atoms with E-state index >= 15 is 0 Å². The fraction of sp³-hybridized carbons (Fsp3) is 0.364. The molecular weight excluding hydrogens is 360 g/mol. The Morgan fingerprint density at radius 2 is 1.04 bits per heavy atom. The Balaban J connectivity index is 1.88. The maximum Gasteiger partial charge on any atom is 0.322 e. The third-order valence-electron chi connectivity index (χ3n) is 6.29. The molecule has 6 nitrogen and oxygen atoms in total. The van der Waals surface area contributed by atoms with Crippen LogP contribution in [0.3, 0.4) is 0 Å². The summed E-state index contributed by atoms with van der Waals surface area (Å²) in [4.78, 5) is 26.0. The predicted molar refractivity (Wildman–Crippen MR) is 99.6 cm³/mol. The number of methoxy groups -OCH3 is 2. The van der Waals surface area contributed by atoms with Gasteiger partial charge in [0, 0.05) is 5.41 Å². The second kappa shape index (κ2) is 5.74. The zero-order valence-electron chi connectivity index (χ0n) is 16.2. The van der Waals surface area contributed by atoms with E-state index in [-0.39, 0.29) is 0 Å². The minimum Gasteiger partial charge on any atom is -0.468 e. The SMILES string of the molecule is COC(=O)[C@@]12C(C)(C)[C@]1(C(=O)OC)C2(Oc1ccccc1)Oc1ccccc1. The quantitative estimate of drug-likeness (QED) is 0.564. The van der Waals surface area contributed by atoms with Gasteiger partial charge in [-0.2, -0.15) is 0 Å². The van der Waals surface area contributed by atoms with Crippen LogP contribution in [0.2, 0.25) is 0 Å². The van der Waals surface area contributed by atoms with Crippen LogP contribution in [0.15, 0.2) is 60.7 Å². The van der Waals surface area contributed by atoms with Crippen LogP contribution in [0.1, 0.15) is 13.8 Å². The number of carbonyl (C=O) groups is 2. The van der Waals surface area contributed by atoms with Crippen molar-refractivity contribution >= 4 is 11.9 Å². The van der Waals surface area contributed by atoms with Crippen molar-refractivity contribution in [2.24, 2.45) is 16.2 Å². The monoisotopic (exact) mass is 382 g/mol. The van der Waals surface area contributed by atoms with E-state index in [0.717, 1.165) is 0 Å². The highest BCUT2D eigenvalue weighted by Crippen LogP contribution is 3.02. The molecule has 0 spiro atoms. The van der Waals surface area contributed by atoms with Crippen LogP contribution in [-0.2, 0) is 19.1 Å². The molecule has 0 N–H and O–H groups in total. The van der Waals surface area contributed by atoms with Crippen molar-refractivity contribution in [1.82, 2.24) is 0 Å². The Labute approximate surface area is 163 Å². The number of benzene rings is 2. The molecule has 2 aromatic rings. The summed E-state index contributed by atoms with van der Waals surface area (Å²) in [6.45, 7) is 3.64. The lowest BCUT2D eigenvalue weighted by Crippen LogP contribution is -2.52. The Kier molecular flexibility index (Phi) is 3.76. The number of hydrogen-bond donors (Lipinski definition) is 0. The average molecular weight is 382 g/mol. The van der Waals surface area contributed by atoms with Crippen molar-refractivity contribution in [1.29, 1.82) is 0 Å². The summed E-state index contributed by atoms with van der Waals surface area (Å²) in [6.07, 6.45) is 0.